The van der Waals surface area contributed by atoms with Crippen molar-refractivity contribution >= 4 is 39.1 Å². The lowest BCUT2D eigenvalue weighted by molar-refractivity contribution is -0.128. The molecule has 2 amide bonds. The average Bonchev–Trinajstić information content (AvgIpc) is 3.30. The molecule has 2 aromatic carbocycles. The number of nitrogens with one attached hydrogen (secondary N) is 1. The van der Waals surface area contributed by atoms with Crippen molar-refractivity contribution in [1.29, 1.82) is 0 Å². The SMILES string of the molecule is CNC(=O)C1CN(C(=O)Cn2cnc3scc(-c4ccc(F)cc4)c3c2=O)c2ccccc2O1. The molecule has 172 valence electrons. The maximum absolute atomic E-state index is 13.4. The zero-order chi connectivity index (χ0) is 23.8. The van der Waals surface area contributed by atoms with Crippen LogP contribution < -0.4 is 20.5 Å². The molecule has 0 radical (unpaired) electrons. The molecule has 3 heterocycles. The minimum Gasteiger partial charge on any atom is -0.477 e. The van der Waals surface area contributed by atoms with Crippen molar-refractivity contribution in [2.24, 2.45) is 0 Å². The summed E-state index contributed by atoms with van der Waals surface area (Å²) in [4.78, 5) is 45.2. The van der Waals surface area contributed by atoms with Crippen molar-refractivity contribution in [2.45, 2.75) is 12.6 Å². The van der Waals surface area contributed by atoms with E-state index in [2.05, 4.69) is 10.3 Å². The fourth-order valence-corrected chi connectivity index (χ4v) is 4.83. The van der Waals surface area contributed by atoms with E-state index in [1.807, 2.05) is 0 Å². The van der Waals surface area contributed by atoms with Gasteiger partial charge in [-0.1, -0.05) is 24.3 Å². The maximum Gasteiger partial charge on any atom is 0.263 e. The number of benzene rings is 2. The van der Waals surface area contributed by atoms with Crippen molar-refractivity contribution in [2.75, 3.05) is 18.5 Å². The lowest BCUT2D eigenvalue weighted by atomic mass is 10.1. The van der Waals surface area contributed by atoms with E-state index < -0.39 is 6.10 Å². The van der Waals surface area contributed by atoms with Crippen molar-refractivity contribution in [1.82, 2.24) is 14.9 Å². The molecule has 0 aliphatic carbocycles. The van der Waals surface area contributed by atoms with Crippen LogP contribution >= 0.6 is 11.3 Å². The van der Waals surface area contributed by atoms with Crippen LogP contribution in [0.15, 0.2) is 65.0 Å². The Balaban J connectivity index is 1.49. The Kier molecular flexibility index (Phi) is 5.58. The molecule has 1 atom stereocenters. The molecule has 5 rings (SSSR count). The third-order valence-electron chi connectivity index (χ3n) is 5.64. The zero-order valence-corrected chi connectivity index (χ0v) is 18.8. The summed E-state index contributed by atoms with van der Waals surface area (Å²) in [6.07, 6.45) is 0.471. The number of anilines is 1. The van der Waals surface area contributed by atoms with Gasteiger partial charge in [0.15, 0.2) is 6.10 Å². The lowest BCUT2D eigenvalue weighted by Gasteiger charge is -2.34. The molecule has 1 aliphatic heterocycles. The van der Waals surface area contributed by atoms with E-state index in [0.29, 0.717) is 32.8 Å². The van der Waals surface area contributed by atoms with Crippen molar-refractivity contribution in [3.8, 4) is 16.9 Å². The molecule has 2 aromatic heterocycles. The highest BCUT2D eigenvalue weighted by atomic mass is 32.1. The van der Waals surface area contributed by atoms with Gasteiger partial charge in [0.2, 0.25) is 5.91 Å². The Morgan fingerprint density at radius 1 is 1.21 bits per heavy atom. The Morgan fingerprint density at radius 2 is 1.97 bits per heavy atom. The maximum atomic E-state index is 13.4. The monoisotopic (exact) mass is 478 g/mol. The predicted octanol–water partition coefficient (Wildman–Crippen LogP) is 2.80. The van der Waals surface area contributed by atoms with Crippen LogP contribution in [-0.4, -0.2) is 41.1 Å². The van der Waals surface area contributed by atoms with E-state index >= 15 is 0 Å². The number of para-hydroxylation sites is 2. The first-order valence-corrected chi connectivity index (χ1v) is 11.3. The number of hydrogen-bond donors (Lipinski definition) is 1. The number of ether oxygens (including phenoxy) is 1. The standard InChI is InChI=1S/C24H19FN4O4S/c1-26-22(31)19-10-29(17-4-2-3-5-18(17)33-19)20(30)11-28-13-27-23-21(24(28)32)16(12-34-23)14-6-8-15(25)9-7-14/h2-9,12-13,19H,10-11H2,1H3,(H,26,31). The number of aromatic nitrogens is 2. The highest BCUT2D eigenvalue weighted by Gasteiger charge is 2.33. The van der Waals surface area contributed by atoms with Crippen molar-refractivity contribution in [3.05, 3.63) is 76.4 Å². The first-order chi connectivity index (χ1) is 16.5. The number of nitrogens with zero attached hydrogens (tertiary/aromatic N) is 3. The topological polar surface area (TPSA) is 93.5 Å². The van der Waals surface area contributed by atoms with Crippen LogP contribution in [0, 0.1) is 5.82 Å². The number of likely N-dealkylation sites (N-methyl/N-ethyl adjacent to an activating group) is 1. The Bertz CT molecular complexity index is 1460. The first kappa shape index (κ1) is 21.8. The average molecular weight is 479 g/mol. The van der Waals surface area contributed by atoms with Gasteiger partial charge < -0.3 is 15.0 Å². The molecule has 8 nitrogen and oxygen atoms in total. The summed E-state index contributed by atoms with van der Waals surface area (Å²) in [5.41, 5.74) is 1.47. The molecule has 10 heteroatoms. The number of carbonyl (C=O) groups excluding carboxylic acids is 2. The van der Waals surface area contributed by atoms with E-state index in [9.17, 15) is 18.8 Å². The second kappa shape index (κ2) is 8.71. The summed E-state index contributed by atoms with van der Waals surface area (Å²) in [7, 11) is 1.50. The highest BCUT2D eigenvalue weighted by Crippen LogP contribution is 2.34. The number of halogens is 1. The van der Waals surface area contributed by atoms with Crippen molar-refractivity contribution < 1.29 is 18.7 Å². The zero-order valence-electron chi connectivity index (χ0n) is 18.0. The van der Waals surface area contributed by atoms with Crippen LogP contribution in [-0.2, 0) is 16.1 Å². The molecule has 1 unspecified atom stereocenters. The quantitative estimate of drug-likeness (QED) is 0.487. The first-order valence-electron chi connectivity index (χ1n) is 10.5. The molecule has 0 fully saturated rings. The van der Waals surface area contributed by atoms with E-state index in [-0.39, 0.29) is 36.3 Å². The fraction of sp³-hybridized carbons (Fsp3) is 0.167. The summed E-state index contributed by atoms with van der Waals surface area (Å²) in [5.74, 6) is -0.695. The van der Waals surface area contributed by atoms with Gasteiger partial charge in [-0.15, -0.1) is 11.3 Å². The van der Waals surface area contributed by atoms with Crippen LogP contribution in [0.2, 0.25) is 0 Å². The van der Waals surface area contributed by atoms with Gasteiger partial charge in [-0.05, 0) is 29.8 Å². The minimum atomic E-state index is -0.872. The van der Waals surface area contributed by atoms with Crippen LogP contribution in [0.5, 0.6) is 5.75 Å². The molecule has 34 heavy (non-hydrogen) atoms. The second-order valence-electron chi connectivity index (χ2n) is 7.71. The molecule has 0 saturated heterocycles. The number of hydrogen-bond acceptors (Lipinski definition) is 6. The summed E-state index contributed by atoms with van der Waals surface area (Å²) in [6, 6.07) is 12.8. The smallest absolute Gasteiger partial charge is 0.263 e. The van der Waals surface area contributed by atoms with Crippen molar-refractivity contribution in [3.63, 3.8) is 0 Å². The van der Waals surface area contributed by atoms with Crippen LogP contribution in [0.3, 0.4) is 0 Å². The van der Waals surface area contributed by atoms with Gasteiger partial charge in [0.1, 0.15) is 22.9 Å². The summed E-state index contributed by atoms with van der Waals surface area (Å²) in [6.45, 7) is -0.255. The number of rotatable bonds is 4. The lowest BCUT2D eigenvalue weighted by Crippen LogP contribution is -2.51. The van der Waals surface area contributed by atoms with Crippen LogP contribution in [0.1, 0.15) is 0 Å². The summed E-state index contributed by atoms with van der Waals surface area (Å²) in [5, 5.41) is 4.71. The molecule has 0 bridgehead atoms. The molecule has 1 aliphatic rings. The van der Waals surface area contributed by atoms with Crippen LogP contribution in [0.4, 0.5) is 10.1 Å². The fourth-order valence-electron chi connectivity index (χ4n) is 3.92. The number of carbonyl (C=O) groups is 2. The van der Waals surface area contributed by atoms with Gasteiger partial charge in [-0.25, -0.2) is 9.37 Å². The third-order valence-corrected chi connectivity index (χ3v) is 6.52. The van der Waals surface area contributed by atoms with Gasteiger partial charge in [-0.3, -0.25) is 19.0 Å². The van der Waals surface area contributed by atoms with E-state index in [1.165, 1.54) is 46.3 Å². The van der Waals surface area contributed by atoms with Crippen LogP contribution in [0.25, 0.3) is 21.3 Å². The van der Waals surface area contributed by atoms with E-state index in [1.54, 1.807) is 41.8 Å². The Hall–Kier alpha value is -4.05. The summed E-state index contributed by atoms with van der Waals surface area (Å²) >= 11 is 1.30. The van der Waals surface area contributed by atoms with E-state index in [4.69, 9.17) is 4.74 Å². The minimum absolute atomic E-state index is 0.0131. The Labute approximate surface area is 197 Å². The largest absolute Gasteiger partial charge is 0.477 e. The molecule has 4 aromatic rings. The number of fused-ring (bicyclic) bond motifs is 2. The van der Waals surface area contributed by atoms with Gasteiger partial charge in [0.05, 0.1) is 23.9 Å². The van der Waals surface area contributed by atoms with Gasteiger partial charge in [0.25, 0.3) is 11.5 Å². The molecular weight excluding hydrogens is 459 g/mol. The predicted molar refractivity (Wildman–Crippen MR) is 127 cm³/mol. The molecular formula is C24H19FN4O4S. The normalized spacial score (nSPS) is 15.0. The highest BCUT2D eigenvalue weighted by molar-refractivity contribution is 7.17. The Morgan fingerprint density at radius 3 is 2.74 bits per heavy atom. The van der Waals surface area contributed by atoms with Gasteiger partial charge in [0, 0.05) is 18.0 Å². The third kappa shape index (κ3) is 3.81. The molecule has 1 N–H and O–H groups in total. The summed E-state index contributed by atoms with van der Waals surface area (Å²) < 4.78 is 20.4. The number of amides is 2. The second-order valence-corrected chi connectivity index (χ2v) is 8.56. The molecule has 0 spiro atoms. The van der Waals surface area contributed by atoms with E-state index in [0.717, 1.165) is 0 Å². The molecule has 0 saturated carbocycles. The number of thiophene rings is 1. The van der Waals surface area contributed by atoms with Gasteiger partial charge >= 0.3 is 0 Å². The van der Waals surface area contributed by atoms with Gasteiger partial charge in [-0.2, -0.15) is 0 Å².